The van der Waals surface area contributed by atoms with Crippen LogP contribution in [0.25, 0.3) is 0 Å². The summed E-state index contributed by atoms with van der Waals surface area (Å²) in [5.41, 5.74) is 1.12. The molecule has 0 saturated carbocycles. The van der Waals surface area contributed by atoms with Crippen LogP contribution in [0.3, 0.4) is 0 Å². The highest BCUT2D eigenvalue weighted by atomic mass is 16.5. The van der Waals surface area contributed by atoms with Crippen molar-refractivity contribution in [3.05, 3.63) is 23.8 Å². The van der Waals surface area contributed by atoms with Gasteiger partial charge in [-0.3, -0.25) is 0 Å². The molecule has 0 aliphatic carbocycles. The van der Waals surface area contributed by atoms with Crippen molar-refractivity contribution in [3.63, 3.8) is 0 Å². The number of nitrogens with one attached hydrogen (secondary N) is 1. The van der Waals surface area contributed by atoms with Gasteiger partial charge < -0.3 is 20.1 Å². The first-order chi connectivity index (χ1) is 9.60. The number of hydrogen-bond acceptors (Lipinski definition) is 4. The highest BCUT2D eigenvalue weighted by Crippen LogP contribution is 2.26. The second-order valence-electron chi connectivity index (χ2n) is 5.00. The standard InChI is InChI=1S/C16H28N2O2/c1-5-18(6-2)12-13(4)17-11-14-8-9-15(19)16(10-14)20-7-3/h8-10,13,17,19H,5-7,11-12H2,1-4H3. The van der Waals surface area contributed by atoms with Gasteiger partial charge in [-0.1, -0.05) is 19.9 Å². The average Bonchev–Trinajstić information content (AvgIpc) is 2.45. The summed E-state index contributed by atoms with van der Waals surface area (Å²) >= 11 is 0. The van der Waals surface area contributed by atoms with Gasteiger partial charge in [-0.05, 0) is 44.6 Å². The van der Waals surface area contributed by atoms with Gasteiger partial charge in [-0.25, -0.2) is 0 Å². The molecule has 1 unspecified atom stereocenters. The van der Waals surface area contributed by atoms with E-state index >= 15 is 0 Å². The smallest absolute Gasteiger partial charge is 0.161 e. The number of hydrogen-bond donors (Lipinski definition) is 2. The Bertz CT molecular complexity index is 392. The minimum Gasteiger partial charge on any atom is -0.504 e. The number of likely N-dealkylation sites (N-methyl/N-ethyl adjacent to an activating group) is 1. The molecule has 0 aliphatic heterocycles. The zero-order chi connectivity index (χ0) is 15.0. The van der Waals surface area contributed by atoms with Crippen LogP contribution in [0.2, 0.25) is 0 Å². The fraction of sp³-hybridized carbons (Fsp3) is 0.625. The monoisotopic (exact) mass is 280 g/mol. The summed E-state index contributed by atoms with van der Waals surface area (Å²) in [6.07, 6.45) is 0. The lowest BCUT2D eigenvalue weighted by Gasteiger charge is -2.23. The Morgan fingerprint density at radius 3 is 2.55 bits per heavy atom. The molecule has 0 aromatic heterocycles. The van der Waals surface area contributed by atoms with Gasteiger partial charge in [0.25, 0.3) is 0 Å². The molecular weight excluding hydrogens is 252 g/mol. The molecule has 0 amide bonds. The summed E-state index contributed by atoms with van der Waals surface area (Å²) in [6, 6.07) is 5.95. The first-order valence-electron chi connectivity index (χ1n) is 7.51. The third-order valence-electron chi connectivity index (χ3n) is 3.41. The minimum absolute atomic E-state index is 0.201. The first-order valence-corrected chi connectivity index (χ1v) is 7.51. The van der Waals surface area contributed by atoms with Gasteiger partial charge in [0.15, 0.2) is 11.5 Å². The van der Waals surface area contributed by atoms with Gasteiger partial charge in [0.1, 0.15) is 0 Å². The number of phenols is 1. The first kappa shape index (κ1) is 16.8. The lowest BCUT2D eigenvalue weighted by molar-refractivity contribution is 0.270. The molecule has 0 spiro atoms. The van der Waals surface area contributed by atoms with E-state index in [9.17, 15) is 5.11 Å². The lowest BCUT2D eigenvalue weighted by atomic mass is 10.2. The molecule has 0 bridgehead atoms. The Labute approximate surface area is 122 Å². The van der Waals surface area contributed by atoms with Gasteiger partial charge in [0.05, 0.1) is 6.61 Å². The van der Waals surface area contributed by atoms with Crippen molar-refractivity contribution in [2.75, 3.05) is 26.2 Å². The highest BCUT2D eigenvalue weighted by Gasteiger charge is 2.08. The van der Waals surface area contributed by atoms with Gasteiger partial charge >= 0.3 is 0 Å². The molecule has 20 heavy (non-hydrogen) atoms. The third-order valence-corrected chi connectivity index (χ3v) is 3.41. The van der Waals surface area contributed by atoms with Crippen molar-refractivity contribution in [1.82, 2.24) is 10.2 Å². The summed E-state index contributed by atoms with van der Waals surface area (Å²) in [7, 11) is 0. The van der Waals surface area contributed by atoms with Crippen LogP contribution in [-0.4, -0.2) is 42.3 Å². The van der Waals surface area contributed by atoms with Crippen LogP contribution in [-0.2, 0) is 6.54 Å². The summed E-state index contributed by atoms with van der Waals surface area (Å²) in [6.45, 7) is 13.0. The van der Waals surface area contributed by atoms with Gasteiger partial charge in [0, 0.05) is 19.1 Å². The fourth-order valence-corrected chi connectivity index (χ4v) is 2.17. The number of aromatic hydroxyl groups is 1. The number of ether oxygens (including phenoxy) is 1. The minimum atomic E-state index is 0.201. The summed E-state index contributed by atoms with van der Waals surface area (Å²) < 4.78 is 5.40. The zero-order valence-electron chi connectivity index (χ0n) is 13.1. The van der Waals surface area contributed by atoms with Gasteiger partial charge in [-0.15, -0.1) is 0 Å². The van der Waals surface area contributed by atoms with Crippen molar-refractivity contribution >= 4 is 0 Å². The summed E-state index contributed by atoms with van der Waals surface area (Å²) in [5, 5.41) is 13.2. The molecule has 0 heterocycles. The summed E-state index contributed by atoms with van der Waals surface area (Å²) in [5.74, 6) is 0.759. The third kappa shape index (κ3) is 5.39. The van der Waals surface area contributed by atoms with Crippen molar-refractivity contribution in [2.45, 2.75) is 40.3 Å². The van der Waals surface area contributed by atoms with Crippen molar-refractivity contribution < 1.29 is 9.84 Å². The lowest BCUT2D eigenvalue weighted by Crippen LogP contribution is -2.38. The summed E-state index contributed by atoms with van der Waals surface area (Å²) in [4.78, 5) is 2.40. The van der Waals surface area contributed by atoms with E-state index in [0.717, 1.165) is 31.7 Å². The molecule has 2 N–H and O–H groups in total. The second-order valence-corrected chi connectivity index (χ2v) is 5.00. The molecular formula is C16H28N2O2. The molecule has 1 rings (SSSR count). The Morgan fingerprint density at radius 1 is 1.25 bits per heavy atom. The SMILES string of the molecule is CCOc1cc(CNC(C)CN(CC)CC)ccc1O. The van der Waals surface area contributed by atoms with E-state index in [1.54, 1.807) is 6.07 Å². The Hall–Kier alpha value is -1.26. The maximum atomic E-state index is 9.67. The fourth-order valence-electron chi connectivity index (χ4n) is 2.17. The van der Waals surface area contributed by atoms with E-state index in [1.807, 2.05) is 19.1 Å². The normalized spacial score (nSPS) is 12.7. The van der Waals surface area contributed by atoms with Crippen molar-refractivity contribution in [2.24, 2.45) is 0 Å². The van der Waals surface area contributed by atoms with E-state index in [2.05, 4.69) is 31.0 Å². The van der Waals surface area contributed by atoms with Crippen LogP contribution in [0.15, 0.2) is 18.2 Å². The van der Waals surface area contributed by atoms with E-state index in [1.165, 1.54) is 0 Å². The Balaban J connectivity index is 2.50. The van der Waals surface area contributed by atoms with Gasteiger partial charge in [-0.2, -0.15) is 0 Å². The number of rotatable bonds is 9. The predicted molar refractivity (Wildman–Crippen MR) is 83.4 cm³/mol. The van der Waals surface area contributed by atoms with Crippen LogP contribution < -0.4 is 10.1 Å². The van der Waals surface area contributed by atoms with Gasteiger partial charge in [0.2, 0.25) is 0 Å². The molecule has 4 heteroatoms. The molecule has 0 saturated heterocycles. The molecule has 1 aromatic carbocycles. The van der Waals surface area contributed by atoms with Crippen LogP contribution in [0, 0.1) is 0 Å². The molecule has 1 atom stereocenters. The average molecular weight is 280 g/mol. The number of benzene rings is 1. The van der Waals surface area contributed by atoms with E-state index in [4.69, 9.17) is 4.74 Å². The van der Waals surface area contributed by atoms with Crippen LogP contribution >= 0.6 is 0 Å². The molecule has 4 nitrogen and oxygen atoms in total. The van der Waals surface area contributed by atoms with E-state index < -0.39 is 0 Å². The van der Waals surface area contributed by atoms with Crippen molar-refractivity contribution in [3.8, 4) is 11.5 Å². The maximum Gasteiger partial charge on any atom is 0.161 e. The van der Waals surface area contributed by atoms with E-state index in [-0.39, 0.29) is 5.75 Å². The quantitative estimate of drug-likeness (QED) is 0.730. The van der Waals surface area contributed by atoms with Crippen LogP contribution in [0.4, 0.5) is 0 Å². The van der Waals surface area contributed by atoms with Crippen LogP contribution in [0.1, 0.15) is 33.3 Å². The van der Waals surface area contributed by atoms with E-state index in [0.29, 0.717) is 18.4 Å². The molecule has 0 fully saturated rings. The molecule has 0 aliphatic rings. The molecule has 1 aromatic rings. The predicted octanol–water partition coefficient (Wildman–Crippen LogP) is 2.61. The molecule has 114 valence electrons. The zero-order valence-corrected chi connectivity index (χ0v) is 13.1. The Morgan fingerprint density at radius 2 is 1.95 bits per heavy atom. The number of phenolic OH excluding ortho intramolecular Hbond substituents is 1. The number of nitrogens with zero attached hydrogens (tertiary/aromatic N) is 1. The second kappa shape index (κ2) is 8.82. The topological polar surface area (TPSA) is 44.7 Å². The molecule has 0 radical (unpaired) electrons. The van der Waals surface area contributed by atoms with Crippen molar-refractivity contribution in [1.29, 1.82) is 0 Å². The maximum absolute atomic E-state index is 9.67. The largest absolute Gasteiger partial charge is 0.504 e. The Kier molecular flexibility index (Phi) is 7.41. The van der Waals surface area contributed by atoms with Crippen LogP contribution in [0.5, 0.6) is 11.5 Å². The highest BCUT2D eigenvalue weighted by molar-refractivity contribution is 5.41.